The standard InChI is InChI=1S/C15H17NO3/c17-10-15(7-3-4-8-15)9-16-13(18)11-5-1-2-6-12(11)14(16)19/h1-2,5-6,17H,3-4,7-10H2. The lowest BCUT2D eigenvalue weighted by Gasteiger charge is -2.30. The summed E-state index contributed by atoms with van der Waals surface area (Å²) >= 11 is 0. The van der Waals surface area contributed by atoms with Gasteiger partial charge in [0.2, 0.25) is 0 Å². The summed E-state index contributed by atoms with van der Waals surface area (Å²) in [6.07, 6.45) is 3.89. The van der Waals surface area contributed by atoms with Crippen molar-refractivity contribution in [2.24, 2.45) is 5.41 Å². The zero-order valence-corrected chi connectivity index (χ0v) is 10.8. The van der Waals surface area contributed by atoms with Gasteiger partial charge in [-0.15, -0.1) is 0 Å². The number of aliphatic hydroxyl groups excluding tert-OH is 1. The first-order valence-corrected chi connectivity index (χ1v) is 6.73. The van der Waals surface area contributed by atoms with E-state index in [0.717, 1.165) is 25.7 Å². The molecule has 1 aromatic carbocycles. The molecule has 4 nitrogen and oxygen atoms in total. The third-order valence-corrected chi connectivity index (χ3v) is 4.37. The molecule has 2 amide bonds. The number of nitrogens with zero attached hydrogens (tertiary/aromatic N) is 1. The molecular weight excluding hydrogens is 242 g/mol. The summed E-state index contributed by atoms with van der Waals surface area (Å²) in [5, 5.41) is 9.62. The molecule has 0 spiro atoms. The third kappa shape index (κ3) is 1.87. The van der Waals surface area contributed by atoms with Gasteiger partial charge >= 0.3 is 0 Å². The van der Waals surface area contributed by atoms with Gasteiger partial charge in [0.05, 0.1) is 17.7 Å². The Morgan fingerprint density at radius 1 is 1.05 bits per heavy atom. The molecule has 1 aromatic rings. The second-order valence-electron chi connectivity index (χ2n) is 5.61. The Labute approximate surface area is 112 Å². The molecule has 1 aliphatic heterocycles. The first-order valence-electron chi connectivity index (χ1n) is 6.73. The molecule has 1 saturated carbocycles. The van der Waals surface area contributed by atoms with Crippen molar-refractivity contribution in [2.45, 2.75) is 25.7 Å². The van der Waals surface area contributed by atoms with Crippen LogP contribution in [-0.4, -0.2) is 35.0 Å². The van der Waals surface area contributed by atoms with Crippen molar-refractivity contribution < 1.29 is 14.7 Å². The number of carbonyl (C=O) groups excluding carboxylic acids is 2. The molecule has 2 aliphatic rings. The van der Waals surface area contributed by atoms with Crippen LogP contribution in [0.1, 0.15) is 46.4 Å². The zero-order chi connectivity index (χ0) is 13.5. The maximum absolute atomic E-state index is 12.3. The topological polar surface area (TPSA) is 57.6 Å². The summed E-state index contributed by atoms with van der Waals surface area (Å²) in [4.78, 5) is 25.9. The number of hydrogen-bond acceptors (Lipinski definition) is 3. The van der Waals surface area contributed by atoms with Crippen molar-refractivity contribution in [1.29, 1.82) is 0 Å². The fourth-order valence-electron chi connectivity index (χ4n) is 3.21. The van der Waals surface area contributed by atoms with Crippen LogP contribution in [0.15, 0.2) is 24.3 Å². The van der Waals surface area contributed by atoms with E-state index in [1.165, 1.54) is 4.90 Å². The summed E-state index contributed by atoms with van der Waals surface area (Å²) in [6, 6.07) is 6.92. The number of imide groups is 1. The first-order chi connectivity index (χ1) is 9.17. The van der Waals surface area contributed by atoms with Gasteiger partial charge in [-0.1, -0.05) is 25.0 Å². The number of rotatable bonds is 3. The molecule has 1 aliphatic carbocycles. The predicted octanol–water partition coefficient (Wildman–Crippen LogP) is 1.84. The van der Waals surface area contributed by atoms with Gasteiger partial charge in [0.15, 0.2) is 0 Å². The molecule has 0 bridgehead atoms. The summed E-state index contributed by atoms with van der Waals surface area (Å²) < 4.78 is 0. The molecule has 0 atom stereocenters. The highest BCUT2D eigenvalue weighted by atomic mass is 16.3. The number of carbonyl (C=O) groups is 2. The molecular formula is C15H17NO3. The average molecular weight is 259 g/mol. The number of fused-ring (bicyclic) bond motifs is 1. The van der Waals surface area contributed by atoms with E-state index in [-0.39, 0.29) is 23.8 Å². The number of hydrogen-bond donors (Lipinski definition) is 1. The van der Waals surface area contributed by atoms with E-state index < -0.39 is 0 Å². The van der Waals surface area contributed by atoms with Crippen LogP contribution in [0.4, 0.5) is 0 Å². The second kappa shape index (κ2) is 4.46. The van der Waals surface area contributed by atoms with Gasteiger partial charge in [0, 0.05) is 12.0 Å². The SMILES string of the molecule is O=C1c2ccccc2C(=O)N1CC1(CO)CCCC1. The van der Waals surface area contributed by atoms with Crippen LogP contribution in [0, 0.1) is 5.41 Å². The lowest BCUT2D eigenvalue weighted by atomic mass is 9.86. The first kappa shape index (κ1) is 12.4. The molecule has 1 N–H and O–H groups in total. The monoisotopic (exact) mass is 259 g/mol. The van der Waals surface area contributed by atoms with E-state index in [1.807, 2.05) is 0 Å². The van der Waals surface area contributed by atoms with Crippen molar-refractivity contribution in [3.8, 4) is 0 Å². The van der Waals surface area contributed by atoms with Crippen LogP contribution in [-0.2, 0) is 0 Å². The Hall–Kier alpha value is -1.68. The van der Waals surface area contributed by atoms with Crippen LogP contribution in [0.5, 0.6) is 0 Å². The average Bonchev–Trinajstić information content (AvgIpc) is 3.00. The summed E-state index contributed by atoms with van der Waals surface area (Å²) in [6.45, 7) is 0.385. The Morgan fingerprint density at radius 3 is 2.05 bits per heavy atom. The van der Waals surface area contributed by atoms with Gasteiger partial charge in [-0.3, -0.25) is 14.5 Å². The highest BCUT2D eigenvalue weighted by molar-refractivity contribution is 6.21. The molecule has 0 saturated heterocycles. The van der Waals surface area contributed by atoms with Crippen LogP contribution < -0.4 is 0 Å². The minimum absolute atomic E-state index is 0.0421. The zero-order valence-electron chi connectivity index (χ0n) is 10.8. The van der Waals surface area contributed by atoms with Crippen molar-refractivity contribution >= 4 is 11.8 Å². The fraction of sp³-hybridized carbons (Fsp3) is 0.467. The van der Waals surface area contributed by atoms with E-state index in [0.29, 0.717) is 17.7 Å². The molecule has 1 heterocycles. The van der Waals surface area contributed by atoms with E-state index in [9.17, 15) is 14.7 Å². The molecule has 0 unspecified atom stereocenters. The molecule has 1 fully saturated rings. The Balaban J connectivity index is 1.88. The minimum Gasteiger partial charge on any atom is -0.396 e. The van der Waals surface area contributed by atoms with E-state index in [4.69, 9.17) is 0 Å². The summed E-state index contributed by atoms with van der Waals surface area (Å²) in [7, 11) is 0. The minimum atomic E-state index is -0.284. The highest BCUT2D eigenvalue weighted by Gasteiger charge is 2.42. The van der Waals surface area contributed by atoms with Crippen LogP contribution in [0.3, 0.4) is 0 Å². The maximum Gasteiger partial charge on any atom is 0.261 e. The normalized spacial score (nSPS) is 21.0. The largest absolute Gasteiger partial charge is 0.396 e. The summed E-state index contributed by atoms with van der Waals surface area (Å²) in [5.41, 5.74) is 0.685. The molecule has 0 radical (unpaired) electrons. The lowest BCUT2D eigenvalue weighted by Crippen LogP contribution is -2.41. The van der Waals surface area contributed by atoms with Gasteiger partial charge in [0.25, 0.3) is 11.8 Å². The van der Waals surface area contributed by atoms with Crippen LogP contribution in [0.25, 0.3) is 0 Å². The van der Waals surface area contributed by atoms with Gasteiger partial charge in [-0.25, -0.2) is 0 Å². The van der Waals surface area contributed by atoms with Gasteiger partial charge in [0.1, 0.15) is 0 Å². The van der Waals surface area contributed by atoms with Gasteiger partial charge < -0.3 is 5.11 Å². The van der Waals surface area contributed by atoms with E-state index in [2.05, 4.69) is 0 Å². The predicted molar refractivity (Wildman–Crippen MR) is 69.8 cm³/mol. The molecule has 4 heteroatoms. The Kier molecular flexibility index (Phi) is 2.90. The lowest BCUT2D eigenvalue weighted by molar-refractivity contribution is 0.0475. The van der Waals surface area contributed by atoms with E-state index in [1.54, 1.807) is 24.3 Å². The third-order valence-electron chi connectivity index (χ3n) is 4.37. The van der Waals surface area contributed by atoms with Crippen LogP contribution >= 0.6 is 0 Å². The maximum atomic E-state index is 12.3. The van der Waals surface area contributed by atoms with Crippen molar-refractivity contribution in [3.05, 3.63) is 35.4 Å². The van der Waals surface area contributed by atoms with Gasteiger partial charge in [-0.2, -0.15) is 0 Å². The van der Waals surface area contributed by atoms with Crippen molar-refractivity contribution in [2.75, 3.05) is 13.2 Å². The van der Waals surface area contributed by atoms with Crippen molar-refractivity contribution in [1.82, 2.24) is 4.90 Å². The second-order valence-corrected chi connectivity index (χ2v) is 5.61. The Morgan fingerprint density at radius 2 is 1.58 bits per heavy atom. The molecule has 100 valence electrons. The van der Waals surface area contributed by atoms with Crippen LogP contribution in [0.2, 0.25) is 0 Å². The molecule has 19 heavy (non-hydrogen) atoms. The Bertz CT molecular complexity index is 497. The smallest absolute Gasteiger partial charge is 0.261 e. The quantitative estimate of drug-likeness (QED) is 0.843. The number of benzene rings is 1. The summed E-state index contributed by atoms with van der Waals surface area (Å²) in [5.74, 6) is -0.444. The highest BCUT2D eigenvalue weighted by Crippen LogP contribution is 2.39. The fourth-order valence-corrected chi connectivity index (χ4v) is 3.21. The van der Waals surface area contributed by atoms with Crippen molar-refractivity contribution in [3.63, 3.8) is 0 Å². The number of aliphatic hydroxyl groups is 1. The number of amides is 2. The molecule has 0 aromatic heterocycles. The van der Waals surface area contributed by atoms with E-state index >= 15 is 0 Å². The van der Waals surface area contributed by atoms with Gasteiger partial charge in [-0.05, 0) is 25.0 Å². The molecule has 3 rings (SSSR count).